The van der Waals surface area contributed by atoms with E-state index in [1.807, 2.05) is 0 Å². The molecule has 0 rings (SSSR count). The van der Waals surface area contributed by atoms with E-state index in [0.717, 1.165) is 0 Å². The van der Waals surface area contributed by atoms with E-state index in [4.69, 9.17) is 20.4 Å². The minimum Gasteiger partial charge on any atom is -0.547 e. The van der Waals surface area contributed by atoms with E-state index < -0.39 is 48.3 Å². The predicted molar refractivity (Wildman–Crippen MR) is 44.1 cm³/mol. The number of aliphatic hydroxyl groups is 4. The van der Waals surface area contributed by atoms with Gasteiger partial charge in [0.15, 0.2) is 0 Å². The summed E-state index contributed by atoms with van der Waals surface area (Å²) in [6.45, 7) is 0. The summed E-state index contributed by atoms with van der Waals surface area (Å²) in [5.74, 6) is -8.23. The molecule has 0 aliphatic carbocycles. The van der Waals surface area contributed by atoms with Crippen LogP contribution in [0, 0.1) is 0 Å². The number of carboxylic acids is 4. The standard InChI is InChI=1S/2C4H6O6.2Fe/c2*5-1(3(7)8)2(6)4(9)10;;/h2*1-2,5-6H,(H,7,8)(H,9,10);;/q;;2*+2/p-4. The van der Waals surface area contributed by atoms with Crippen molar-refractivity contribution in [3.63, 3.8) is 0 Å². The van der Waals surface area contributed by atoms with Crippen molar-refractivity contribution in [2.24, 2.45) is 0 Å². The van der Waals surface area contributed by atoms with Gasteiger partial charge in [0, 0.05) is 0 Å². The molecule has 0 heterocycles. The topological polar surface area (TPSA) is 241 Å². The van der Waals surface area contributed by atoms with Gasteiger partial charge in [-0.2, -0.15) is 0 Å². The van der Waals surface area contributed by atoms with Crippen LogP contribution in [0.1, 0.15) is 0 Å². The molecule has 0 saturated heterocycles. The number of carboxylic acid groups (broad SMARTS) is 4. The molecule has 4 atom stereocenters. The minimum atomic E-state index is -2.44. The van der Waals surface area contributed by atoms with Crippen LogP contribution in [0.25, 0.3) is 0 Å². The van der Waals surface area contributed by atoms with Gasteiger partial charge in [0.05, 0.1) is 23.9 Å². The second-order valence-corrected chi connectivity index (χ2v) is 3.06. The third-order valence-corrected chi connectivity index (χ3v) is 1.56. The predicted octanol–water partition coefficient (Wildman–Crippen LogP) is -9.59. The van der Waals surface area contributed by atoms with E-state index in [9.17, 15) is 39.6 Å². The summed E-state index contributed by atoms with van der Waals surface area (Å²) in [5.41, 5.74) is 0. The molecule has 0 aromatic rings. The molecule has 0 amide bonds. The quantitative estimate of drug-likeness (QED) is 0.300. The molecule has 14 heteroatoms. The SMILES string of the molecule is O=C([O-])C(O)C(O)C(=O)[O-].O=C([O-])C(O)C(O)C(=O)[O-].[Fe+2].[Fe+2]. The summed E-state index contributed by atoms with van der Waals surface area (Å²) in [4.78, 5) is 38.5. The normalized spacial score (nSPS) is 14.4. The molecule has 4 unspecified atom stereocenters. The molecule has 0 aromatic carbocycles. The monoisotopic (exact) mass is 408 g/mol. The maximum absolute atomic E-state index is 9.63. The summed E-state index contributed by atoms with van der Waals surface area (Å²) >= 11 is 0. The zero-order chi connectivity index (χ0) is 16.6. The molecule has 0 aliphatic rings. The van der Waals surface area contributed by atoms with Crippen LogP contribution in [0.2, 0.25) is 0 Å². The Labute approximate surface area is 142 Å². The Balaban J connectivity index is -0.000000135. The van der Waals surface area contributed by atoms with Crippen LogP contribution in [-0.4, -0.2) is 68.7 Å². The van der Waals surface area contributed by atoms with Gasteiger partial charge in [-0.05, 0) is 0 Å². The Bertz CT molecular complexity index is 313. The third-order valence-electron chi connectivity index (χ3n) is 1.56. The van der Waals surface area contributed by atoms with Gasteiger partial charge in [0.2, 0.25) is 0 Å². The van der Waals surface area contributed by atoms with Crippen LogP contribution in [0.5, 0.6) is 0 Å². The number of carbonyl (C=O) groups is 4. The number of rotatable bonds is 6. The Hall–Kier alpha value is -1.24. The molecule has 12 nitrogen and oxygen atoms in total. The molecule has 0 aromatic heterocycles. The summed E-state index contributed by atoms with van der Waals surface area (Å²) < 4.78 is 0. The number of aliphatic hydroxyl groups excluding tert-OH is 4. The van der Waals surface area contributed by atoms with Gasteiger partial charge >= 0.3 is 34.1 Å². The van der Waals surface area contributed by atoms with Crippen molar-refractivity contribution in [2.75, 3.05) is 0 Å². The van der Waals surface area contributed by atoms with Crippen LogP contribution in [0.15, 0.2) is 0 Å². The van der Waals surface area contributed by atoms with Gasteiger partial charge in [0.25, 0.3) is 0 Å². The van der Waals surface area contributed by atoms with E-state index in [1.54, 1.807) is 0 Å². The molecule has 4 N–H and O–H groups in total. The van der Waals surface area contributed by atoms with Crippen LogP contribution in [-0.2, 0) is 53.3 Å². The Morgan fingerprint density at radius 3 is 0.636 bits per heavy atom. The minimum absolute atomic E-state index is 0. The number of carbonyl (C=O) groups excluding carboxylic acids is 4. The molecule has 128 valence electrons. The Morgan fingerprint density at radius 1 is 0.500 bits per heavy atom. The largest absolute Gasteiger partial charge is 2.00 e. The van der Waals surface area contributed by atoms with Crippen molar-refractivity contribution in [1.29, 1.82) is 0 Å². The molecule has 0 aliphatic heterocycles. The molecular formula is C8H8Fe2O12. The van der Waals surface area contributed by atoms with E-state index >= 15 is 0 Å². The first-order chi connectivity index (χ1) is 8.93. The first kappa shape index (κ1) is 28.9. The molecular weight excluding hydrogens is 400 g/mol. The van der Waals surface area contributed by atoms with Gasteiger partial charge in [-0.15, -0.1) is 0 Å². The van der Waals surface area contributed by atoms with Crippen molar-refractivity contribution < 1.29 is 94.2 Å². The van der Waals surface area contributed by atoms with Gasteiger partial charge in [-0.25, -0.2) is 0 Å². The Kier molecular flexibility index (Phi) is 17.6. The molecule has 0 radical (unpaired) electrons. The fraction of sp³-hybridized carbons (Fsp3) is 0.500. The first-order valence-corrected chi connectivity index (χ1v) is 4.49. The van der Waals surface area contributed by atoms with Crippen molar-refractivity contribution in [2.45, 2.75) is 24.4 Å². The fourth-order valence-corrected chi connectivity index (χ4v) is 0.516. The fourth-order valence-electron chi connectivity index (χ4n) is 0.516. The number of aliphatic carboxylic acids is 4. The van der Waals surface area contributed by atoms with Gasteiger partial charge in [-0.1, -0.05) is 0 Å². The molecule has 0 saturated carbocycles. The molecule has 0 fully saturated rings. The van der Waals surface area contributed by atoms with Gasteiger partial charge in [-0.3, -0.25) is 0 Å². The van der Waals surface area contributed by atoms with E-state index in [1.165, 1.54) is 0 Å². The van der Waals surface area contributed by atoms with Crippen LogP contribution < -0.4 is 20.4 Å². The van der Waals surface area contributed by atoms with Crippen LogP contribution in [0.4, 0.5) is 0 Å². The average Bonchev–Trinajstić information content (AvgIpc) is 2.35. The van der Waals surface area contributed by atoms with Gasteiger partial charge < -0.3 is 60.0 Å². The van der Waals surface area contributed by atoms with E-state index in [2.05, 4.69) is 0 Å². The maximum atomic E-state index is 9.63. The second kappa shape index (κ2) is 13.4. The first-order valence-electron chi connectivity index (χ1n) is 4.49. The zero-order valence-corrected chi connectivity index (χ0v) is 12.3. The van der Waals surface area contributed by atoms with Crippen molar-refractivity contribution >= 4 is 23.9 Å². The molecule has 0 bridgehead atoms. The van der Waals surface area contributed by atoms with Gasteiger partial charge in [0.1, 0.15) is 24.4 Å². The number of hydrogen-bond donors (Lipinski definition) is 4. The van der Waals surface area contributed by atoms with Crippen molar-refractivity contribution in [3.05, 3.63) is 0 Å². The zero-order valence-electron chi connectivity index (χ0n) is 10.1. The van der Waals surface area contributed by atoms with E-state index in [-0.39, 0.29) is 34.1 Å². The summed E-state index contributed by atoms with van der Waals surface area (Å²) in [6, 6.07) is 0. The average molecular weight is 408 g/mol. The third kappa shape index (κ3) is 11.4. The Morgan fingerprint density at radius 2 is 0.591 bits per heavy atom. The summed E-state index contributed by atoms with van der Waals surface area (Å²) in [6.07, 6.45) is -9.76. The van der Waals surface area contributed by atoms with Crippen molar-refractivity contribution in [3.8, 4) is 0 Å². The van der Waals surface area contributed by atoms with Crippen LogP contribution >= 0.6 is 0 Å². The molecule has 22 heavy (non-hydrogen) atoms. The smallest absolute Gasteiger partial charge is 0.547 e. The molecule has 0 spiro atoms. The van der Waals surface area contributed by atoms with E-state index in [0.29, 0.717) is 0 Å². The maximum Gasteiger partial charge on any atom is 2.00 e. The summed E-state index contributed by atoms with van der Waals surface area (Å²) in [5, 5.41) is 71.5. The summed E-state index contributed by atoms with van der Waals surface area (Å²) in [7, 11) is 0. The van der Waals surface area contributed by atoms with Crippen molar-refractivity contribution in [1.82, 2.24) is 0 Å². The number of hydrogen-bond acceptors (Lipinski definition) is 12. The van der Waals surface area contributed by atoms with Crippen LogP contribution in [0.3, 0.4) is 0 Å². The second-order valence-electron chi connectivity index (χ2n) is 3.06.